The van der Waals surface area contributed by atoms with Gasteiger partial charge in [0.1, 0.15) is 10.8 Å². The molecule has 0 bridgehead atoms. The van der Waals surface area contributed by atoms with Crippen LogP contribution in [0.15, 0.2) is 18.2 Å². The molecular weight excluding hydrogens is 271 g/mol. The van der Waals surface area contributed by atoms with Crippen LogP contribution in [0.25, 0.3) is 10.6 Å². The minimum atomic E-state index is -0.197. The normalized spacial score (nSPS) is 12.7. The number of rotatable bonds is 5. The zero-order valence-corrected chi connectivity index (χ0v) is 13.3. The predicted molar refractivity (Wildman–Crippen MR) is 83.7 cm³/mol. The summed E-state index contributed by atoms with van der Waals surface area (Å²) in [5.74, 6) is -0.197. The Morgan fingerprint density at radius 1 is 1.35 bits per heavy atom. The third-order valence-corrected chi connectivity index (χ3v) is 4.72. The van der Waals surface area contributed by atoms with E-state index in [9.17, 15) is 4.39 Å². The molecule has 2 aromatic rings. The lowest BCUT2D eigenvalue weighted by Gasteiger charge is -2.11. The average molecular weight is 292 g/mol. The van der Waals surface area contributed by atoms with Crippen molar-refractivity contribution in [2.45, 2.75) is 40.2 Å². The Balaban J connectivity index is 2.30. The molecule has 0 aliphatic rings. The summed E-state index contributed by atoms with van der Waals surface area (Å²) < 4.78 is 13.2. The summed E-state index contributed by atoms with van der Waals surface area (Å²) in [7, 11) is 0. The van der Waals surface area contributed by atoms with Crippen LogP contribution in [0, 0.1) is 19.7 Å². The molecule has 1 aromatic heterocycles. The SMILES string of the molecule is CCCNC(C)c1sc(-c2ccc(F)cc2C)nc1C. The van der Waals surface area contributed by atoms with Crippen LogP contribution in [-0.4, -0.2) is 11.5 Å². The van der Waals surface area contributed by atoms with Crippen LogP contribution in [0.5, 0.6) is 0 Å². The van der Waals surface area contributed by atoms with E-state index in [0.29, 0.717) is 6.04 Å². The Morgan fingerprint density at radius 2 is 2.10 bits per heavy atom. The topological polar surface area (TPSA) is 24.9 Å². The molecule has 20 heavy (non-hydrogen) atoms. The van der Waals surface area contributed by atoms with Crippen LogP contribution in [0.3, 0.4) is 0 Å². The lowest BCUT2D eigenvalue weighted by Crippen LogP contribution is -2.18. The molecule has 0 radical (unpaired) electrons. The number of aryl methyl sites for hydroxylation is 2. The molecule has 1 N–H and O–H groups in total. The fraction of sp³-hybridized carbons (Fsp3) is 0.438. The number of nitrogens with zero attached hydrogens (tertiary/aromatic N) is 1. The van der Waals surface area contributed by atoms with Crippen LogP contribution >= 0.6 is 11.3 Å². The Morgan fingerprint density at radius 3 is 2.75 bits per heavy atom. The van der Waals surface area contributed by atoms with Crippen molar-refractivity contribution < 1.29 is 4.39 Å². The first-order valence-electron chi connectivity index (χ1n) is 7.00. The van der Waals surface area contributed by atoms with Crippen molar-refractivity contribution in [3.8, 4) is 10.6 Å². The zero-order valence-electron chi connectivity index (χ0n) is 12.5. The predicted octanol–water partition coefficient (Wildman–Crippen LogP) is 4.63. The molecule has 4 heteroatoms. The van der Waals surface area contributed by atoms with Gasteiger partial charge in [-0.25, -0.2) is 9.37 Å². The molecule has 1 aromatic carbocycles. The number of hydrogen-bond acceptors (Lipinski definition) is 3. The highest BCUT2D eigenvalue weighted by Gasteiger charge is 2.15. The molecule has 0 saturated heterocycles. The van der Waals surface area contributed by atoms with E-state index in [1.165, 1.54) is 10.9 Å². The van der Waals surface area contributed by atoms with E-state index in [1.807, 2.05) is 19.9 Å². The van der Waals surface area contributed by atoms with Gasteiger partial charge in [0.2, 0.25) is 0 Å². The van der Waals surface area contributed by atoms with Gasteiger partial charge < -0.3 is 5.32 Å². The number of nitrogens with one attached hydrogen (secondary N) is 1. The molecule has 1 unspecified atom stereocenters. The van der Waals surface area contributed by atoms with Crippen molar-refractivity contribution in [1.82, 2.24) is 10.3 Å². The lowest BCUT2D eigenvalue weighted by molar-refractivity contribution is 0.575. The fourth-order valence-electron chi connectivity index (χ4n) is 2.25. The summed E-state index contributed by atoms with van der Waals surface area (Å²) >= 11 is 1.70. The molecule has 2 rings (SSSR count). The van der Waals surface area contributed by atoms with Gasteiger partial charge in [0.25, 0.3) is 0 Å². The highest BCUT2D eigenvalue weighted by Crippen LogP contribution is 2.33. The smallest absolute Gasteiger partial charge is 0.124 e. The van der Waals surface area contributed by atoms with Gasteiger partial charge in [-0.2, -0.15) is 0 Å². The van der Waals surface area contributed by atoms with E-state index in [1.54, 1.807) is 17.4 Å². The lowest BCUT2D eigenvalue weighted by atomic mass is 10.1. The molecule has 0 aliphatic heterocycles. The summed E-state index contributed by atoms with van der Waals surface area (Å²) in [5.41, 5.74) is 3.01. The van der Waals surface area contributed by atoms with Gasteiger partial charge in [-0.3, -0.25) is 0 Å². The van der Waals surface area contributed by atoms with Gasteiger partial charge in [-0.05, 0) is 57.5 Å². The number of benzene rings is 1. The van der Waals surface area contributed by atoms with Crippen molar-refractivity contribution >= 4 is 11.3 Å². The molecule has 0 aliphatic carbocycles. The van der Waals surface area contributed by atoms with Gasteiger partial charge in [-0.15, -0.1) is 11.3 Å². The van der Waals surface area contributed by atoms with Crippen molar-refractivity contribution in [1.29, 1.82) is 0 Å². The molecule has 1 atom stereocenters. The molecular formula is C16H21FN2S. The Kier molecular flexibility index (Phi) is 4.89. The van der Waals surface area contributed by atoms with Crippen molar-refractivity contribution in [3.05, 3.63) is 40.2 Å². The third-order valence-electron chi connectivity index (χ3n) is 3.35. The maximum atomic E-state index is 13.2. The van der Waals surface area contributed by atoms with Crippen LogP contribution in [-0.2, 0) is 0 Å². The summed E-state index contributed by atoms with van der Waals surface area (Å²) in [6.45, 7) is 9.29. The second-order valence-corrected chi connectivity index (χ2v) is 6.13. The van der Waals surface area contributed by atoms with Crippen LogP contribution in [0.2, 0.25) is 0 Å². The number of hydrogen-bond donors (Lipinski definition) is 1. The molecule has 1 heterocycles. The van der Waals surface area contributed by atoms with Gasteiger partial charge in [0.15, 0.2) is 0 Å². The summed E-state index contributed by atoms with van der Waals surface area (Å²) in [5, 5.41) is 4.46. The summed E-state index contributed by atoms with van der Waals surface area (Å²) in [4.78, 5) is 5.92. The number of thiazole rings is 1. The summed E-state index contributed by atoms with van der Waals surface area (Å²) in [6, 6.07) is 5.18. The monoisotopic (exact) mass is 292 g/mol. The van der Waals surface area contributed by atoms with Gasteiger partial charge in [0.05, 0.1) is 5.69 Å². The van der Waals surface area contributed by atoms with Crippen molar-refractivity contribution in [2.75, 3.05) is 6.54 Å². The van der Waals surface area contributed by atoms with Gasteiger partial charge in [-0.1, -0.05) is 6.92 Å². The fourth-order valence-corrected chi connectivity index (χ4v) is 3.43. The minimum absolute atomic E-state index is 0.197. The molecule has 0 saturated carbocycles. The van der Waals surface area contributed by atoms with Crippen LogP contribution in [0.1, 0.15) is 42.4 Å². The van der Waals surface area contributed by atoms with Crippen molar-refractivity contribution in [2.24, 2.45) is 0 Å². The Hall–Kier alpha value is -1.26. The molecule has 0 amide bonds. The molecule has 108 valence electrons. The van der Waals surface area contributed by atoms with Gasteiger partial charge >= 0.3 is 0 Å². The standard InChI is InChI=1S/C16H21FN2S/c1-5-8-18-11(3)15-12(4)19-16(20-15)14-7-6-13(17)9-10(14)2/h6-7,9,11,18H,5,8H2,1-4H3. The molecule has 0 fully saturated rings. The number of aromatic nitrogens is 1. The Bertz CT molecular complexity index is 592. The second-order valence-electron chi connectivity index (χ2n) is 5.10. The maximum Gasteiger partial charge on any atom is 0.124 e. The summed E-state index contributed by atoms with van der Waals surface area (Å²) in [6.07, 6.45) is 1.12. The van der Waals surface area contributed by atoms with E-state index in [-0.39, 0.29) is 5.82 Å². The number of halogens is 1. The quantitative estimate of drug-likeness (QED) is 0.869. The van der Waals surface area contributed by atoms with Gasteiger partial charge in [0, 0.05) is 16.5 Å². The average Bonchev–Trinajstić information content (AvgIpc) is 2.78. The largest absolute Gasteiger partial charge is 0.309 e. The second kappa shape index (κ2) is 6.46. The van der Waals surface area contributed by atoms with Crippen molar-refractivity contribution in [3.63, 3.8) is 0 Å². The first-order valence-corrected chi connectivity index (χ1v) is 7.81. The van der Waals surface area contributed by atoms with E-state index < -0.39 is 0 Å². The molecule has 2 nitrogen and oxygen atoms in total. The highest BCUT2D eigenvalue weighted by atomic mass is 32.1. The minimum Gasteiger partial charge on any atom is -0.309 e. The highest BCUT2D eigenvalue weighted by molar-refractivity contribution is 7.15. The van der Waals surface area contributed by atoms with Crippen LogP contribution < -0.4 is 5.32 Å². The maximum absolute atomic E-state index is 13.2. The Labute approximate surface area is 124 Å². The van der Waals surface area contributed by atoms with E-state index in [4.69, 9.17) is 0 Å². The first-order chi connectivity index (χ1) is 9.52. The molecule has 0 spiro atoms. The first kappa shape index (κ1) is 15.1. The third kappa shape index (κ3) is 3.25. The van der Waals surface area contributed by atoms with E-state index in [0.717, 1.165) is 34.8 Å². The van der Waals surface area contributed by atoms with E-state index >= 15 is 0 Å². The zero-order chi connectivity index (χ0) is 14.7. The van der Waals surface area contributed by atoms with Crippen LogP contribution in [0.4, 0.5) is 4.39 Å². The van der Waals surface area contributed by atoms with E-state index in [2.05, 4.69) is 24.1 Å².